The molecule has 1 aliphatic heterocycles. The van der Waals surface area contributed by atoms with Gasteiger partial charge in [-0.25, -0.2) is 0 Å². The number of allylic oxidation sites excluding steroid dienone is 1. The zero-order valence-electron chi connectivity index (χ0n) is 34.5. The Labute approximate surface area is 301 Å². The molecule has 0 saturated heterocycles. The fourth-order valence-electron chi connectivity index (χ4n) is 6.16. The Kier molecular flexibility index (Phi) is 10.1. The second kappa shape index (κ2) is 12.8. The smallest absolute Gasteiger partial charge is 0.0638 e. The van der Waals surface area contributed by atoms with Crippen LogP contribution in [0.2, 0.25) is 0 Å². The summed E-state index contributed by atoms with van der Waals surface area (Å²) in [7, 11) is 0. The third kappa shape index (κ3) is 9.11. The molecule has 0 fully saturated rings. The van der Waals surface area contributed by atoms with Gasteiger partial charge in [0.1, 0.15) is 0 Å². The molecule has 3 aromatic rings. The van der Waals surface area contributed by atoms with Gasteiger partial charge in [-0.2, -0.15) is 0 Å². The monoisotopic (exact) mass is 661 g/mol. The fraction of sp³-hybridized carbons (Fsp3) is 0.532. The van der Waals surface area contributed by atoms with Gasteiger partial charge in [0.2, 0.25) is 0 Å². The summed E-state index contributed by atoms with van der Waals surface area (Å²) in [6, 6.07) is 21.7. The van der Waals surface area contributed by atoms with E-state index in [-0.39, 0.29) is 32.5 Å². The van der Waals surface area contributed by atoms with E-state index in [1.165, 1.54) is 56.0 Å². The number of rotatable bonds is 4. The number of hydrogen-bond acceptors (Lipinski definition) is 2. The first kappa shape index (κ1) is 38.5. The van der Waals surface area contributed by atoms with Crippen LogP contribution in [0.15, 0.2) is 72.4 Å². The van der Waals surface area contributed by atoms with E-state index in [2.05, 4.69) is 207 Å². The average Bonchev–Trinajstić information content (AvgIpc) is 3.37. The largest absolute Gasteiger partial charge is 0.277 e. The lowest BCUT2D eigenvalue weighted by Gasteiger charge is -2.37. The van der Waals surface area contributed by atoms with E-state index in [4.69, 9.17) is 0 Å². The van der Waals surface area contributed by atoms with Gasteiger partial charge >= 0.3 is 0 Å². The van der Waals surface area contributed by atoms with Crippen LogP contribution in [0.5, 0.6) is 0 Å². The van der Waals surface area contributed by atoms with E-state index in [0.717, 1.165) is 6.54 Å². The van der Waals surface area contributed by atoms with Gasteiger partial charge in [0, 0.05) is 0 Å². The van der Waals surface area contributed by atoms with Gasteiger partial charge < -0.3 is 0 Å². The van der Waals surface area contributed by atoms with Gasteiger partial charge in [-0.1, -0.05) is 161 Å². The van der Waals surface area contributed by atoms with Crippen molar-refractivity contribution in [3.05, 3.63) is 111 Å². The van der Waals surface area contributed by atoms with Crippen LogP contribution in [-0.4, -0.2) is 6.54 Å². The van der Waals surface area contributed by atoms with Crippen molar-refractivity contribution in [3.8, 4) is 0 Å². The number of hydrazine groups is 1. The van der Waals surface area contributed by atoms with Gasteiger partial charge in [-0.3, -0.25) is 10.0 Å². The fourth-order valence-corrected chi connectivity index (χ4v) is 6.16. The van der Waals surface area contributed by atoms with E-state index >= 15 is 0 Å². The molecule has 0 aromatic heterocycles. The predicted octanol–water partition coefficient (Wildman–Crippen LogP) is 13.3. The molecule has 4 rings (SSSR count). The molecule has 0 bridgehead atoms. The molecular weight excluding hydrogens is 593 g/mol. The minimum Gasteiger partial charge on any atom is -0.277 e. The van der Waals surface area contributed by atoms with E-state index < -0.39 is 0 Å². The maximum absolute atomic E-state index is 2.49. The molecule has 49 heavy (non-hydrogen) atoms. The van der Waals surface area contributed by atoms with E-state index in [9.17, 15) is 0 Å². The molecular formula is C47H68N2. The molecule has 2 heteroatoms. The first-order valence-electron chi connectivity index (χ1n) is 18.5. The zero-order chi connectivity index (χ0) is 37.1. The van der Waals surface area contributed by atoms with Crippen LogP contribution in [-0.2, 0) is 32.5 Å². The lowest BCUT2D eigenvalue weighted by Crippen LogP contribution is -2.38. The number of anilines is 2. The second-order valence-corrected chi connectivity index (χ2v) is 20.7. The van der Waals surface area contributed by atoms with E-state index in [1.54, 1.807) is 0 Å². The Morgan fingerprint density at radius 3 is 1.02 bits per heavy atom. The highest BCUT2D eigenvalue weighted by Crippen LogP contribution is 2.41. The first-order chi connectivity index (χ1) is 22.0. The summed E-state index contributed by atoms with van der Waals surface area (Å²) < 4.78 is 0. The van der Waals surface area contributed by atoms with Crippen molar-refractivity contribution in [1.82, 2.24) is 0 Å². The molecule has 0 radical (unpaired) electrons. The van der Waals surface area contributed by atoms with Gasteiger partial charge in [0.15, 0.2) is 0 Å². The molecule has 0 N–H and O–H groups in total. The Morgan fingerprint density at radius 1 is 0.388 bits per heavy atom. The van der Waals surface area contributed by atoms with Crippen molar-refractivity contribution in [2.24, 2.45) is 0 Å². The van der Waals surface area contributed by atoms with Crippen molar-refractivity contribution >= 4 is 17.5 Å². The van der Waals surface area contributed by atoms with Crippen LogP contribution in [0.25, 0.3) is 6.08 Å². The normalized spacial score (nSPS) is 15.4. The minimum atomic E-state index is 0.0165. The average molecular weight is 661 g/mol. The highest BCUT2D eigenvalue weighted by atomic mass is 15.6. The molecule has 0 unspecified atom stereocenters. The van der Waals surface area contributed by atoms with Crippen LogP contribution in [0.4, 0.5) is 11.4 Å². The quantitative estimate of drug-likeness (QED) is 0.275. The maximum Gasteiger partial charge on any atom is 0.0638 e. The second-order valence-electron chi connectivity index (χ2n) is 20.7. The Balaban J connectivity index is 1.97. The highest BCUT2D eigenvalue weighted by Gasteiger charge is 2.31. The lowest BCUT2D eigenvalue weighted by atomic mass is 9.79. The molecule has 0 atom stereocenters. The topological polar surface area (TPSA) is 6.48 Å². The lowest BCUT2D eigenvalue weighted by molar-refractivity contribution is 0.566. The third-order valence-electron chi connectivity index (χ3n) is 9.94. The summed E-state index contributed by atoms with van der Waals surface area (Å²) in [5, 5.41) is 4.97. The molecule has 0 spiro atoms. The van der Waals surface area contributed by atoms with Gasteiger partial charge in [-0.05, 0) is 108 Å². The maximum atomic E-state index is 2.49. The predicted molar refractivity (Wildman–Crippen MR) is 218 cm³/mol. The molecule has 2 nitrogen and oxygen atoms in total. The van der Waals surface area contributed by atoms with Crippen LogP contribution in [0.1, 0.15) is 164 Å². The van der Waals surface area contributed by atoms with Crippen LogP contribution in [0, 0.1) is 0 Å². The molecule has 1 aliphatic rings. The summed E-state index contributed by atoms with van der Waals surface area (Å²) in [5.74, 6) is 0. The summed E-state index contributed by atoms with van der Waals surface area (Å²) in [5.41, 5.74) is 13.3. The van der Waals surface area contributed by atoms with Crippen molar-refractivity contribution < 1.29 is 0 Å². The standard InChI is InChI=1S/C47H68N2/c1-42(2,3)33-23-32(24-34(25-33)43(4,5)6)19-20-39-21-22-48(40-28-35(44(7,8)9)26-36(29-40)45(10,11)12)49(39)41-30-37(46(13,14)15)27-38(31-41)47(16,17)18/h19-21,23-31H,22H2,1-18H3. The van der Waals surface area contributed by atoms with Crippen molar-refractivity contribution in [1.29, 1.82) is 0 Å². The Hall–Kier alpha value is -3.26. The molecule has 0 aliphatic carbocycles. The van der Waals surface area contributed by atoms with Crippen LogP contribution in [0.3, 0.4) is 0 Å². The molecule has 3 aromatic carbocycles. The van der Waals surface area contributed by atoms with Gasteiger partial charge in [-0.15, -0.1) is 0 Å². The highest BCUT2D eigenvalue weighted by molar-refractivity contribution is 5.72. The van der Waals surface area contributed by atoms with E-state index in [1.807, 2.05) is 0 Å². The minimum absolute atomic E-state index is 0.0165. The summed E-state index contributed by atoms with van der Waals surface area (Å²) in [4.78, 5) is 0. The molecule has 0 saturated carbocycles. The Morgan fingerprint density at radius 2 is 0.694 bits per heavy atom. The first-order valence-corrected chi connectivity index (χ1v) is 18.5. The number of hydrogen-bond donors (Lipinski definition) is 0. The van der Waals surface area contributed by atoms with Crippen molar-refractivity contribution in [2.75, 3.05) is 16.6 Å². The zero-order valence-corrected chi connectivity index (χ0v) is 34.5. The summed E-state index contributed by atoms with van der Waals surface area (Å²) >= 11 is 0. The van der Waals surface area contributed by atoms with Crippen molar-refractivity contribution in [2.45, 2.75) is 157 Å². The molecule has 266 valence electrons. The Bertz CT molecular complexity index is 1620. The summed E-state index contributed by atoms with van der Waals surface area (Å²) in [6.45, 7) is 42.6. The molecule has 1 heterocycles. The number of nitrogens with zero attached hydrogens (tertiary/aromatic N) is 2. The molecule has 0 amide bonds. The van der Waals surface area contributed by atoms with Gasteiger partial charge in [0.05, 0.1) is 23.6 Å². The van der Waals surface area contributed by atoms with Crippen molar-refractivity contribution in [3.63, 3.8) is 0 Å². The van der Waals surface area contributed by atoms with Gasteiger partial charge in [0.25, 0.3) is 0 Å². The third-order valence-corrected chi connectivity index (χ3v) is 9.94. The van der Waals surface area contributed by atoms with Crippen LogP contribution < -0.4 is 10.0 Å². The number of benzene rings is 3. The SMILES string of the molecule is CC(C)(C)c1cc(C=CC2=CCN(c3cc(C(C)(C)C)cc(C(C)(C)C)c3)N2c2cc(C(C)(C)C)cc(C(C)(C)C)c2)cc(C(C)(C)C)c1. The van der Waals surface area contributed by atoms with E-state index in [0.29, 0.717) is 0 Å². The van der Waals surface area contributed by atoms with Crippen LogP contribution >= 0.6 is 0 Å². The summed E-state index contributed by atoms with van der Waals surface area (Å²) in [6.07, 6.45) is 7.07.